The van der Waals surface area contributed by atoms with Crippen LogP contribution in [0.5, 0.6) is 0 Å². The molecule has 3 heterocycles. The van der Waals surface area contributed by atoms with Crippen LogP contribution in [0.2, 0.25) is 0 Å². The summed E-state index contributed by atoms with van der Waals surface area (Å²) in [6.45, 7) is 4.94. The fraction of sp³-hybridized carbons (Fsp3) is 0.684. The molecule has 2 saturated heterocycles. The van der Waals surface area contributed by atoms with Gasteiger partial charge in [0.25, 0.3) is 0 Å². The average molecular weight is 328 g/mol. The van der Waals surface area contributed by atoms with Gasteiger partial charge in [-0.05, 0) is 74.7 Å². The van der Waals surface area contributed by atoms with Crippen LogP contribution in [0.25, 0.3) is 0 Å². The van der Waals surface area contributed by atoms with Gasteiger partial charge in [-0.1, -0.05) is 0 Å². The highest BCUT2D eigenvalue weighted by molar-refractivity contribution is 5.82. The summed E-state index contributed by atoms with van der Waals surface area (Å²) in [5, 5.41) is 6.55. The number of rotatable bonds is 4. The summed E-state index contributed by atoms with van der Waals surface area (Å²) in [5.41, 5.74) is 1.46. The Hall–Kier alpha value is -1.62. The minimum atomic E-state index is 0.239. The molecule has 1 spiro atoms. The first-order valence-electron chi connectivity index (χ1n) is 9.45. The Morgan fingerprint density at radius 3 is 2.88 bits per heavy atom. The number of piperidine rings is 2. The lowest BCUT2D eigenvalue weighted by atomic mass is 9.92. The molecule has 1 unspecified atom stereocenters. The second-order valence-corrected chi connectivity index (χ2v) is 7.66. The molecule has 1 aromatic rings. The summed E-state index contributed by atoms with van der Waals surface area (Å²) >= 11 is 0. The first kappa shape index (κ1) is 15.9. The van der Waals surface area contributed by atoms with Crippen LogP contribution in [-0.4, -0.2) is 37.1 Å². The van der Waals surface area contributed by atoms with Gasteiger partial charge in [-0.25, -0.2) is 4.98 Å². The zero-order valence-corrected chi connectivity index (χ0v) is 14.4. The third kappa shape index (κ3) is 3.27. The number of nitrogens with zero attached hydrogens (tertiary/aromatic N) is 2. The molecule has 5 nitrogen and oxygen atoms in total. The zero-order chi connectivity index (χ0) is 16.4. The Morgan fingerprint density at radius 2 is 2.08 bits per heavy atom. The van der Waals surface area contributed by atoms with Crippen LogP contribution in [-0.2, 0) is 11.3 Å². The maximum atomic E-state index is 12.5. The maximum absolute atomic E-state index is 12.5. The van der Waals surface area contributed by atoms with Crippen molar-refractivity contribution < 1.29 is 4.79 Å². The molecule has 1 saturated carbocycles. The molecule has 0 radical (unpaired) electrons. The summed E-state index contributed by atoms with van der Waals surface area (Å²) < 4.78 is 0. The number of hydrogen-bond acceptors (Lipinski definition) is 4. The minimum Gasteiger partial charge on any atom is -0.357 e. The van der Waals surface area contributed by atoms with Gasteiger partial charge in [-0.3, -0.25) is 4.79 Å². The van der Waals surface area contributed by atoms with Crippen molar-refractivity contribution in [2.45, 2.75) is 45.1 Å². The van der Waals surface area contributed by atoms with Gasteiger partial charge < -0.3 is 15.5 Å². The van der Waals surface area contributed by atoms with E-state index in [1.165, 1.54) is 19.3 Å². The van der Waals surface area contributed by atoms with Gasteiger partial charge in [0.05, 0.1) is 0 Å². The van der Waals surface area contributed by atoms with E-state index in [1.54, 1.807) is 0 Å². The van der Waals surface area contributed by atoms with Gasteiger partial charge in [0.15, 0.2) is 0 Å². The lowest BCUT2D eigenvalue weighted by Gasteiger charge is -2.28. The second kappa shape index (κ2) is 6.71. The van der Waals surface area contributed by atoms with E-state index in [1.807, 2.05) is 12.3 Å². The largest absolute Gasteiger partial charge is 0.357 e. The van der Waals surface area contributed by atoms with Crippen molar-refractivity contribution >= 4 is 11.7 Å². The molecule has 1 aliphatic carbocycles. The maximum Gasteiger partial charge on any atom is 0.223 e. The Bertz CT molecular complexity index is 591. The molecule has 2 N–H and O–H groups in total. The summed E-state index contributed by atoms with van der Waals surface area (Å²) in [5.74, 6) is 1.54. The minimum absolute atomic E-state index is 0.239. The van der Waals surface area contributed by atoms with Crippen LogP contribution in [0, 0.1) is 11.3 Å². The van der Waals surface area contributed by atoms with Crippen LogP contribution in [0.1, 0.15) is 44.1 Å². The van der Waals surface area contributed by atoms with Gasteiger partial charge in [0, 0.05) is 31.7 Å². The Labute approximate surface area is 144 Å². The molecule has 130 valence electrons. The van der Waals surface area contributed by atoms with Crippen LogP contribution in [0.4, 0.5) is 5.82 Å². The van der Waals surface area contributed by atoms with E-state index in [0.29, 0.717) is 12.0 Å². The highest BCUT2D eigenvalue weighted by Crippen LogP contribution is 2.58. The summed E-state index contributed by atoms with van der Waals surface area (Å²) in [7, 11) is 0. The van der Waals surface area contributed by atoms with E-state index < -0.39 is 0 Å². The van der Waals surface area contributed by atoms with E-state index in [4.69, 9.17) is 0 Å². The van der Waals surface area contributed by atoms with Crippen molar-refractivity contribution in [1.82, 2.24) is 15.6 Å². The van der Waals surface area contributed by atoms with Gasteiger partial charge >= 0.3 is 0 Å². The molecule has 0 bridgehead atoms. The molecule has 4 rings (SSSR count). The van der Waals surface area contributed by atoms with Crippen LogP contribution >= 0.6 is 0 Å². The number of aromatic nitrogens is 1. The Kier molecular flexibility index (Phi) is 4.44. The quantitative estimate of drug-likeness (QED) is 0.888. The molecule has 3 fully saturated rings. The molecule has 5 heteroatoms. The molecule has 0 aromatic carbocycles. The predicted octanol–water partition coefficient (Wildman–Crippen LogP) is 2.08. The molecule has 24 heavy (non-hydrogen) atoms. The second-order valence-electron chi connectivity index (χ2n) is 7.66. The van der Waals surface area contributed by atoms with E-state index in [9.17, 15) is 4.79 Å². The van der Waals surface area contributed by atoms with Crippen LogP contribution in [0.15, 0.2) is 18.3 Å². The number of anilines is 1. The molecular weight excluding hydrogens is 300 g/mol. The standard InChI is InChI=1S/C19H28N4O/c24-18(16-13-19(16)5-8-20-9-6-19)22-14-15-4-7-21-17(12-15)23-10-2-1-3-11-23/h4,7,12,16,20H,1-3,5-6,8-11,13-14H2,(H,22,24). The zero-order valence-electron chi connectivity index (χ0n) is 14.4. The average Bonchev–Trinajstić information content (AvgIpc) is 3.34. The van der Waals surface area contributed by atoms with E-state index in [2.05, 4.69) is 26.6 Å². The van der Waals surface area contributed by atoms with Crippen molar-refractivity contribution in [1.29, 1.82) is 0 Å². The van der Waals surface area contributed by atoms with Crippen molar-refractivity contribution in [3.8, 4) is 0 Å². The van der Waals surface area contributed by atoms with Crippen LogP contribution in [0.3, 0.4) is 0 Å². The molecular formula is C19H28N4O. The van der Waals surface area contributed by atoms with Gasteiger partial charge in [-0.15, -0.1) is 0 Å². The van der Waals surface area contributed by atoms with Gasteiger partial charge in [0.1, 0.15) is 5.82 Å². The lowest BCUT2D eigenvalue weighted by Crippen LogP contribution is -2.33. The van der Waals surface area contributed by atoms with Crippen molar-refractivity contribution in [2.75, 3.05) is 31.1 Å². The van der Waals surface area contributed by atoms with Gasteiger partial charge in [0.2, 0.25) is 5.91 Å². The Balaban J connectivity index is 1.32. The SMILES string of the molecule is O=C(NCc1ccnc(N2CCCCC2)c1)C1CC12CCNCC2. The first-order valence-corrected chi connectivity index (χ1v) is 9.45. The van der Waals surface area contributed by atoms with E-state index in [-0.39, 0.29) is 11.8 Å². The summed E-state index contributed by atoms with van der Waals surface area (Å²) in [6, 6.07) is 4.15. The number of pyridine rings is 1. The number of carbonyl (C=O) groups is 1. The molecule has 1 atom stereocenters. The number of amides is 1. The molecule has 1 aromatic heterocycles. The first-order chi connectivity index (χ1) is 11.8. The number of nitrogens with one attached hydrogen (secondary N) is 2. The van der Waals surface area contributed by atoms with Crippen molar-refractivity contribution in [3.05, 3.63) is 23.9 Å². The number of carbonyl (C=O) groups excluding carboxylic acids is 1. The van der Waals surface area contributed by atoms with Crippen molar-refractivity contribution in [2.24, 2.45) is 11.3 Å². The van der Waals surface area contributed by atoms with Crippen molar-refractivity contribution in [3.63, 3.8) is 0 Å². The molecule has 1 amide bonds. The third-order valence-electron chi connectivity index (χ3n) is 6.06. The lowest BCUT2D eigenvalue weighted by molar-refractivity contribution is -0.123. The summed E-state index contributed by atoms with van der Waals surface area (Å²) in [6.07, 6.45) is 9.08. The topological polar surface area (TPSA) is 57.3 Å². The van der Waals surface area contributed by atoms with Crippen LogP contribution < -0.4 is 15.5 Å². The monoisotopic (exact) mass is 328 g/mol. The fourth-order valence-electron chi connectivity index (χ4n) is 4.37. The normalized spacial score (nSPS) is 25.5. The highest BCUT2D eigenvalue weighted by atomic mass is 16.2. The molecule has 2 aliphatic heterocycles. The van der Waals surface area contributed by atoms with Gasteiger partial charge in [-0.2, -0.15) is 0 Å². The smallest absolute Gasteiger partial charge is 0.223 e. The Morgan fingerprint density at radius 1 is 1.29 bits per heavy atom. The predicted molar refractivity (Wildman–Crippen MR) is 94.8 cm³/mol. The summed E-state index contributed by atoms with van der Waals surface area (Å²) in [4.78, 5) is 19.4. The fourth-order valence-corrected chi connectivity index (χ4v) is 4.37. The van der Waals surface area contributed by atoms with E-state index in [0.717, 1.165) is 56.8 Å². The highest BCUT2D eigenvalue weighted by Gasteiger charge is 2.57. The molecule has 3 aliphatic rings. The number of hydrogen-bond donors (Lipinski definition) is 2. The van der Waals surface area contributed by atoms with E-state index >= 15 is 0 Å². The third-order valence-corrected chi connectivity index (χ3v) is 6.06.